The van der Waals surface area contributed by atoms with Gasteiger partial charge in [0.1, 0.15) is 18.5 Å². The summed E-state index contributed by atoms with van der Waals surface area (Å²) in [6.45, 7) is 4.34. The van der Waals surface area contributed by atoms with E-state index >= 15 is 0 Å². The van der Waals surface area contributed by atoms with Crippen LogP contribution in [0.3, 0.4) is 0 Å². The Hall–Kier alpha value is -2.66. The fourth-order valence-corrected chi connectivity index (χ4v) is 3.20. The number of rotatable bonds is 7. The number of carbonyl (C=O) groups is 4. The number of carbonyl (C=O) groups excluding carboxylic acids is 4. The van der Waals surface area contributed by atoms with Gasteiger partial charge in [-0.3, -0.25) is 19.2 Å². The van der Waals surface area contributed by atoms with Crippen molar-refractivity contribution in [2.24, 2.45) is 0 Å². The highest BCUT2D eigenvalue weighted by Crippen LogP contribution is 2.31. The second-order valence-electron chi connectivity index (χ2n) is 6.64. The quantitative estimate of drug-likeness (QED) is 0.403. The third kappa shape index (κ3) is 7.51. The van der Waals surface area contributed by atoms with Crippen molar-refractivity contribution >= 4 is 39.8 Å². The number of esters is 4. The van der Waals surface area contributed by atoms with Crippen LogP contribution in [-0.2, 0) is 42.9 Å². The lowest BCUT2D eigenvalue weighted by atomic mass is 9.98. The lowest BCUT2D eigenvalue weighted by Gasteiger charge is -2.43. The van der Waals surface area contributed by atoms with Gasteiger partial charge in [0.05, 0.1) is 0 Å². The molecule has 1 saturated heterocycles. The van der Waals surface area contributed by atoms with Gasteiger partial charge >= 0.3 is 23.9 Å². The molecule has 0 saturated carbocycles. The Morgan fingerprint density at radius 2 is 1.32 bits per heavy atom. The average molecular weight is 503 g/mol. The predicted octanol–water partition coefficient (Wildman–Crippen LogP) is 1.91. The summed E-state index contributed by atoms with van der Waals surface area (Å²) in [7, 11) is 0. The van der Waals surface area contributed by atoms with Gasteiger partial charge < -0.3 is 28.4 Å². The van der Waals surface area contributed by atoms with Gasteiger partial charge in [-0.2, -0.15) is 0 Å². The van der Waals surface area contributed by atoms with Crippen LogP contribution in [0.15, 0.2) is 28.7 Å². The molecule has 0 radical (unpaired) electrons. The topological polar surface area (TPSA) is 124 Å². The third-order valence-electron chi connectivity index (χ3n) is 4.01. The molecule has 1 unspecified atom stereocenters. The van der Waals surface area contributed by atoms with Gasteiger partial charge in [-0.15, -0.1) is 0 Å². The molecule has 170 valence electrons. The molecular weight excluding hydrogens is 480 g/mol. The highest BCUT2D eigenvalue weighted by molar-refractivity contribution is 9.10. The van der Waals surface area contributed by atoms with Crippen LogP contribution in [0.25, 0.3) is 0 Å². The van der Waals surface area contributed by atoms with Crippen LogP contribution in [0.2, 0.25) is 0 Å². The largest absolute Gasteiger partial charge is 0.463 e. The molecule has 0 amide bonds. The van der Waals surface area contributed by atoms with Gasteiger partial charge in [0.15, 0.2) is 12.2 Å². The maximum absolute atomic E-state index is 11.8. The molecule has 0 spiro atoms. The highest BCUT2D eigenvalue weighted by Gasteiger charge is 2.53. The number of hydrogen-bond acceptors (Lipinski definition) is 10. The van der Waals surface area contributed by atoms with Crippen LogP contribution in [0.1, 0.15) is 27.7 Å². The summed E-state index contributed by atoms with van der Waals surface area (Å²) in [6, 6.07) is 6.72. The number of hydrogen-bond donors (Lipinski definition) is 0. The minimum Gasteiger partial charge on any atom is -0.463 e. The molecule has 0 aromatic heterocycles. The molecule has 10 nitrogen and oxygen atoms in total. The smallest absolute Gasteiger partial charge is 0.303 e. The monoisotopic (exact) mass is 502 g/mol. The van der Waals surface area contributed by atoms with E-state index in [4.69, 9.17) is 28.4 Å². The maximum atomic E-state index is 11.8. The van der Waals surface area contributed by atoms with E-state index in [0.29, 0.717) is 5.75 Å². The molecule has 1 fully saturated rings. The van der Waals surface area contributed by atoms with Crippen LogP contribution in [-0.4, -0.2) is 61.2 Å². The minimum atomic E-state index is -1.28. The van der Waals surface area contributed by atoms with Gasteiger partial charge in [-0.25, -0.2) is 0 Å². The van der Waals surface area contributed by atoms with Crippen LogP contribution in [0, 0.1) is 0 Å². The fraction of sp³-hybridized carbons (Fsp3) is 0.500. The molecule has 1 aliphatic rings. The Labute approximate surface area is 187 Å². The first-order valence-corrected chi connectivity index (χ1v) is 10.1. The number of halogens is 1. The predicted molar refractivity (Wildman–Crippen MR) is 107 cm³/mol. The van der Waals surface area contributed by atoms with Crippen LogP contribution in [0.4, 0.5) is 0 Å². The van der Waals surface area contributed by atoms with Crippen molar-refractivity contribution in [1.29, 1.82) is 0 Å². The summed E-state index contributed by atoms with van der Waals surface area (Å²) in [5.74, 6) is -2.34. The zero-order valence-electron chi connectivity index (χ0n) is 17.4. The average Bonchev–Trinajstić information content (AvgIpc) is 2.65. The maximum Gasteiger partial charge on any atom is 0.303 e. The first-order chi connectivity index (χ1) is 14.6. The Morgan fingerprint density at radius 1 is 0.806 bits per heavy atom. The zero-order chi connectivity index (χ0) is 23.1. The molecule has 0 bridgehead atoms. The standard InChI is InChI=1S/C20H23BrO10/c1-10(22)26-9-16-17(27-11(2)23)18(28-12(3)24)19(29-13(4)25)20(31-16)30-15-7-5-14(21)6-8-15/h5-8,16-20H,9H2,1-4H3/t16-,17+,18+,19-,20?/m1/s1. The van der Waals surface area contributed by atoms with Gasteiger partial charge in [0.25, 0.3) is 0 Å². The van der Waals surface area contributed by atoms with Crippen molar-refractivity contribution in [3.8, 4) is 5.75 Å². The molecular formula is C20H23BrO10. The van der Waals surface area contributed by atoms with Crippen molar-refractivity contribution in [2.75, 3.05) is 6.61 Å². The van der Waals surface area contributed by atoms with Crippen molar-refractivity contribution < 1.29 is 47.6 Å². The Morgan fingerprint density at radius 3 is 1.84 bits per heavy atom. The van der Waals surface area contributed by atoms with E-state index < -0.39 is 54.6 Å². The van der Waals surface area contributed by atoms with E-state index in [-0.39, 0.29) is 6.61 Å². The Balaban J connectivity index is 2.43. The third-order valence-corrected chi connectivity index (χ3v) is 4.54. The number of ether oxygens (including phenoxy) is 6. The Kier molecular flexibility index (Phi) is 8.81. The van der Waals surface area contributed by atoms with E-state index in [1.54, 1.807) is 24.3 Å². The Bertz CT molecular complexity index is 809. The normalized spacial score (nSPS) is 25.1. The zero-order valence-corrected chi connectivity index (χ0v) is 18.9. The summed E-state index contributed by atoms with van der Waals surface area (Å²) in [5, 5.41) is 0. The summed E-state index contributed by atoms with van der Waals surface area (Å²) in [4.78, 5) is 46.5. The van der Waals surface area contributed by atoms with E-state index in [9.17, 15) is 19.2 Å². The lowest BCUT2D eigenvalue weighted by molar-refractivity contribution is -0.288. The van der Waals surface area contributed by atoms with E-state index in [2.05, 4.69) is 15.9 Å². The summed E-state index contributed by atoms with van der Waals surface area (Å²) in [5.41, 5.74) is 0. The molecule has 1 aromatic rings. The molecule has 11 heteroatoms. The summed E-state index contributed by atoms with van der Waals surface area (Å²) in [6.07, 6.45) is -6.11. The molecule has 1 aliphatic heterocycles. The second kappa shape index (κ2) is 11.1. The van der Waals surface area contributed by atoms with Crippen LogP contribution in [0.5, 0.6) is 5.75 Å². The molecule has 0 N–H and O–H groups in total. The molecule has 0 aliphatic carbocycles. The first kappa shape index (κ1) is 24.6. The van der Waals surface area contributed by atoms with E-state index in [1.165, 1.54) is 6.92 Å². The first-order valence-electron chi connectivity index (χ1n) is 9.29. The number of benzene rings is 1. The summed E-state index contributed by atoms with van der Waals surface area (Å²) >= 11 is 3.32. The van der Waals surface area contributed by atoms with Crippen LogP contribution < -0.4 is 4.74 Å². The molecule has 2 rings (SSSR count). The van der Waals surface area contributed by atoms with Gasteiger partial charge in [-0.05, 0) is 24.3 Å². The highest BCUT2D eigenvalue weighted by atomic mass is 79.9. The van der Waals surface area contributed by atoms with Crippen LogP contribution >= 0.6 is 15.9 Å². The SMILES string of the molecule is CC(=O)OC[C@H]1OC(Oc2ccc(Br)cc2)[C@H](OC(C)=O)[C@@H](OC(C)=O)[C@H]1OC(C)=O. The van der Waals surface area contributed by atoms with Crippen molar-refractivity contribution in [3.63, 3.8) is 0 Å². The lowest BCUT2D eigenvalue weighted by Crippen LogP contribution is -2.63. The molecule has 31 heavy (non-hydrogen) atoms. The van der Waals surface area contributed by atoms with E-state index in [0.717, 1.165) is 25.2 Å². The molecule has 5 atom stereocenters. The van der Waals surface area contributed by atoms with Gasteiger partial charge in [0.2, 0.25) is 12.4 Å². The minimum absolute atomic E-state index is 0.321. The van der Waals surface area contributed by atoms with Crippen molar-refractivity contribution in [3.05, 3.63) is 28.7 Å². The molecule has 1 heterocycles. The van der Waals surface area contributed by atoms with E-state index in [1.807, 2.05) is 0 Å². The van der Waals surface area contributed by atoms with Gasteiger partial charge in [0, 0.05) is 32.2 Å². The summed E-state index contributed by atoms with van der Waals surface area (Å²) < 4.78 is 33.5. The van der Waals surface area contributed by atoms with Gasteiger partial charge in [-0.1, -0.05) is 15.9 Å². The fourth-order valence-electron chi connectivity index (χ4n) is 2.93. The molecule has 1 aromatic carbocycles. The van der Waals surface area contributed by atoms with Crippen molar-refractivity contribution in [1.82, 2.24) is 0 Å². The van der Waals surface area contributed by atoms with Crippen molar-refractivity contribution in [2.45, 2.75) is 58.4 Å². The second-order valence-corrected chi connectivity index (χ2v) is 7.56.